The molecule has 0 aromatic heterocycles. The third-order valence-corrected chi connectivity index (χ3v) is 5.40. The van der Waals surface area contributed by atoms with Gasteiger partial charge in [-0.05, 0) is 55.0 Å². The quantitative estimate of drug-likeness (QED) is 0.328. The zero-order valence-corrected chi connectivity index (χ0v) is 18.8. The van der Waals surface area contributed by atoms with Crippen LogP contribution in [-0.2, 0) is 11.3 Å². The number of rotatable bonds is 10. The molecule has 1 aliphatic carbocycles. The molecule has 2 aromatic carbocycles. The minimum atomic E-state index is 0.558. The lowest BCUT2D eigenvalue weighted by Crippen LogP contribution is -2.32. The van der Waals surface area contributed by atoms with Gasteiger partial charge in [0.2, 0.25) is 0 Å². The zero-order valence-electron chi connectivity index (χ0n) is 18.8. The Hall–Kier alpha value is -2.93. The van der Waals surface area contributed by atoms with Gasteiger partial charge in [-0.3, -0.25) is 0 Å². The summed E-state index contributed by atoms with van der Waals surface area (Å²) in [6.45, 7) is 4.34. The van der Waals surface area contributed by atoms with Crippen LogP contribution in [0.5, 0.6) is 17.2 Å². The van der Waals surface area contributed by atoms with Crippen molar-refractivity contribution in [2.45, 2.75) is 32.2 Å². The Kier molecular flexibility index (Phi) is 8.09. The Balaban J connectivity index is 1.36. The van der Waals surface area contributed by atoms with Crippen molar-refractivity contribution >= 4 is 11.6 Å². The Bertz CT molecular complexity index is 881. The number of nitrogens with one attached hydrogen (secondary N) is 2. The molecule has 0 unspecified atom stereocenters. The molecule has 2 aromatic rings. The van der Waals surface area contributed by atoms with Crippen molar-refractivity contribution in [3.63, 3.8) is 0 Å². The number of benzene rings is 2. The molecule has 0 bridgehead atoms. The molecule has 1 heterocycles. The smallest absolute Gasteiger partial charge is 0.196 e. The van der Waals surface area contributed by atoms with E-state index in [-0.39, 0.29) is 0 Å². The number of fused-ring (bicyclic) bond motifs is 1. The molecule has 2 aliphatic rings. The maximum Gasteiger partial charge on any atom is 0.196 e. The van der Waals surface area contributed by atoms with Crippen molar-refractivity contribution in [2.24, 2.45) is 10.9 Å². The summed E-state index contributed by atoms with van der Waals surface area (Å²) in [7, 11) is 1.67. The van der Waals surface area contributed by atoms with Gasteiger partial charge in [0, 0.05) is 37.9 Å². The standard InChI is InChI=1S/C25H33N3O4/c1-29-22-9-6-19(7-10-22)17-27-25(26-12-2-13-30-18-20-4-5-20)28-21-8-11-23-24(16-21)32-15-3-14-31-23/h6-11,16,20H,2-5,12-15,17-18H2,1H3,(H2,26,27,28). The van der Waals surface area contributed by atoms with Gasteiger partial charge in [-0.25, -0.2) is 4.99 Å². The van der Waals surface area contributed by atoms with E-state index in [1.807, 2.05) is 42.5 Å². The normalized spacial score (nSPS) is 15.7. The lowest BCUT2D eigenvalue weighted by molar-refractivity contribution is 0.123. The van der Waals surface area contributed by atoms with Crippen LogP contribution in [0.3, 0.4) is 0 Å². The summed E-state index contributed by atoms with van der Waals surface area (Å²) >= 11 is 0. The number of anilines is 1. The van der Waals surface area contributed by atoms with Crippen molar-refractivity contribution in [2.75, 3.05) is 45.4 Å². The van der Waals surface area contributed by atoms with Crippen LogP contribution in [0, 0.1) is 5.92 Å². The van der Waals surface area contributed by atoms with Crippen LogP contribution in [0.2, 0.25) is 0 Å². The summed E-state index contributed by atoms with van der Waals surface area (Å²) in [5, 5.41) is 6.82. The summed E-state index contributed by atoms with van der Waals surface area (Å²) in [6, 6.07) is 13.8. The largest absolute Gasteiger partial charge is 0.497 e. The van der Waals surface area contributed by atoms with Gasteiger partial charge in [0.15, 0.2) is 17.5 Å². The first-order valence-electron chi connectivity index (χ1n) is 11.5. The van der Waals surface area contributed by atoms with Gasteiger partial charge in [0.25, 0.3) is 0 Å². The van der Waals surface area contributed by atoms with E-state index in [2.05, 4.69) is 10.6 Å². The number of aliphatic imine (C=N–C) groups is 1. The van der Waals surface area contributed by atoms with Gasteiger partial charge in [-0.15, -0.1) is 0 Å². The Morgan fingerprint density at radius 3 is 2.66 bits per heavy atom. The van der Waals surface area contributed by atoms with Gasteiger partial charge in [-0.1, -0.05) is 12.1 Å². The second-order valence-corrected chi connectivity index (χ2v) is 8.15. The van der Waals surface area contributed by atoms with E-state index in [1.165, 1.54) is 12.8 Å². The Labute approximate surface area is 190 Å². The van der Waals surface area contributed by atoms with Crippen LogP contribution in [0.1, 0.15) is 31.2 Å². The van der Waals surface area contributed by atoms with Gasteiger partial charge >= 0.3 is 0 Å². The third kappa shape index (κ3) is 7.05. The van der Waals surface area contributed by atoms with Crippen LogP contribution in [0.25, 0.3) is 0 Å². The molecule has 172 valence electrons. The number of hydrogen-bond acceptors (Lipinski definition) is 5. The molecule has 0 spiro atoms. The minimum absolute atomic E-state index is 0.558. The SMILES string of the molecule is COc1ccc(CN=C(NCCCOCC2CC2)Nc2ccc3c(c2)OCCCO3)cc1. The van der Waals surface area contributed by atoms with Crippen molar-refractivity contribution in [3.05, 3.63) is 48.0 Å². The fourth-order valence-corrected chi connectivity index (χ4v) is 3.33. The average Bonchev–Trinajstić information content (AvgIpc) is 3.67. The number of ether oxygens (including phenoxy) is 4. The molecular weight excluding hydrogens is 406 g/mol. The number of guanidine groups is 1. The monoisotopic (exact) mass is 439 g/mol. The molecule has 0 saturated heterocycles. The molecule has 7 heteroatoms. The highest BCUT2D eigenvalue weighted by atomic mass is 16.5. The molecule has 0 radical (unpaired) electrons. The van der Waals surface area contributed by atoms with Crippen LogP contribution in [0.15, 0.2) is 47.5 Å². The van der Waals surface area contributed by atoms with E-state index >= 15 is 0 Å². The van der Waals surface area contributed by atoms with Crippen molar-refractivity contribution < 1.29 is 18.9 Å². The molecule has 4 rings (SSSR count). The molecule has 1 fully saturated rings. The molecule has 1 saturated carbocycles. The lowest BCUT2D eigenvalue weighted by atomic mass is 10.2. The average molecular weight is 440 g/mol. The predicted molar refractivity (Wildman–Crippen MR) is 126 cm³/mol. The highest BCUT2D eigenvalue weighted by Crippen LogP contribution is 2.32. The van der Waals surface area contributed by atoms with E-state index in [1.54, 1.807) is 7.11 Å². The summed E-state index contributed by atoms with van der Waals surface area (Å²) in [6.07, 6.45) is 4.45. The molecule has 0 atom stereocenters. The van der Waals surface area contributed by atoms with E-state index in [0.29, 0.717) is 19.8 Å². The van der Waals surface area contributed by atoms with Crippen LogP contribution in [-0.4, -0.2) is 46.0 Å². The molecule has 7 nitrogen and oxygen atoms in total. The molecule has 2 N–H and O–H groups in total. The molecule has 32 heavy (non-hydrogen) atoms. The van der Waals surface area contributed by atoms with Gasteiger partial charge < -0.3 is 29.6 Å². The molecule has 0 amide bonds. The van der Waals surface area contributed by atoms with E-state index < -0.39 is 0 Å². The maximum absolute atomic E-state index is 5.82. The summed E-state index contributed by atoms with van der Waals surface area (Å²) < 4.78 is 22.5. The molecular formula is C25H33N3O4. The van der Waals surface area contributed by atoms with E-state index in [9.17, 15) is 0 Å². The minimum Gasteiger partial charge on any atom is -0.497 e. The Morgan fingerprint density at radius 1 is 1.06 bits per heavy atom. The maximum atomic E-state index is 5.82. The fraction of sp³-hybridized carbons (Fsp3) is 0.480. The summed E-state index contributed by atoms with van der Waals surface area (Å²) in [5.41, 5.74) is 2.01. The molecule has 1 aliphatic heterocycles. The fourth-order valence-electron chi connectivity index (χ4n) is 3.33. The second kappa shape index (κ2) is 11.6. The summed E-state index contributed by atoms with van der Waals surface area (Å²) in [4.78, 5) is 4.77. The van der Waals surface area contributed by atoms with Crippen LogP contribution in [0.4, 0.5) is 5.69 Å². The number of hydrogen-bond donors (Lipinski definition) is 2. The van der Waals surface area contributed by atoms with Crippen molar-refractivity contribution in [1.82, 2.24) is 5.32 Å². The van der Waals surface area contributed by atoms with Gasteiger partial charge in [-0.2, -0.15) is 0 Å². The van der Waals surface area contributed by atoms with Gasteiger partial charge in [0.05, 0.1) is 26.9 Å². The second-order valence-electron chi connectivity index (χ2n) is 8.15. The lowest BCUT2D eigenvalue weighted by Gasteiger charge is -2.15. The third-order valence-electron chi connectivity index (χ3n) is 5.40. The van der Waals surface area contributed by atoms with Crippen LogP contribution >= 0.6 is 0 Å². The highest BCUT2D eigenvalue weighted by molar-refractivity contribution is 5.93. The topological polar surface area (TPSA) is 73.3 Å². The number of nitrogens with zero attached hydrogens (tertiary/aromatic N) is 1. The first-order chi connectivity index (χ1) is 15.8. The van der Waals surface area contributed by atoms with Gasteiger partial charge in [0.1, 0.15) is 5.75 Å². The first kappa shape index (κ1) is 22.3. The Morgan fingerprint density at radius 2 is 1.88 bits per heavy atom. The zero-order chi connectivity index (χ0) is 22.0. The predicted octanol–water partition coefficient (Wildman–Crippen LogP) is 4.23. The highest BCUT2D eigenvalue weighted by Gasteiger charge is 2.20. The van der Waals surface area contributed by atoms with Crippen molar-refractivity contribution in [1.29, 1.82) is 0 Å². The van der Waals surface area contributed by atoms with Crippen molar-refractivity contribution in [3.8, 4) is 17.2 Å². The van der Waals surface area contributed by atoms with E-state index in [0.717, 1.165) is 73.0 Å². The first-order valence-corrected chi connectivity index (χ1v) is 11.5. The summed E-state index contributed by atoms with van der Waals surface area (Å²) in [5.74, 6) is 3.90. The van der Waals surface area contributed by atoms with Crippen LogP contribution < -0.4 is 24.8 Å². The van der Waals surface area contributed by atoms with E-state index in [4.69, 9.17) is 23.9 Å². The number of methoxy groups -OCH3 is 1.